The predicted octanol–water partition coefficient (Wildman–Crippen LogP) is 6.01. The first-order valence-electron chi connectivity index (χ1n) is 11.6. The zero-order chi connectivity index (χ0) is 23.4. The van der Waals surface area contributed by atoms with Crippen LogP contribution in [-0.4, -0.2) is 13.3 Å². The van der Waals surface area contributed by atoms with E-state index in [1.165, 1.54) is 38.2 Å². The van der Waals surface area contributed by atoms with Crippen LogP contribution in [0.5, 0.6) is 0 Å². The lowest BCUT2D eigenvalue weighted by Gasteiger charge is -2.34. The van der Waals surface area contributed by atoms with E-state index in [-0.39, 0.29) is 6.10 Å². The normalized spacial score (nSPS) is 12.5. The second-order valence-corrected chi connectivity index (χ2v) is 12.8. The molecule has 33 heavy (non-hydrogen) atoms. The number of aromatic nitrogens is 1. The van der Waals surface area contributed by atoms with Crippen molar-refractivity contribution in [2.45, 2.75) is 46.8 Å². The van der Waals surface area contributed by atoms with Crippen molar-refractivity contribution in [3.8, 4) is 0 Å². The number of nitrogens with zero attached hydrogens (tertiary/aromatic N) is 1. The van der Waals surface area contributed by atoms with Crippen molar-refractivity contribution < 1.29 is 4.43 Å². The molecule has 1 atom stereocenters. The summed E-state index contributed by atoms with van der Waals surface area (Å²) in [6, 6.07) is 30.5. The van der Waals surface area contributed by atoms with Crippen molar-refractivity contribution >= 4 is 18.7 Å². The Balaban J connectivity index is 1.86. The first-order valence-corrected chi connectivity index (χ1v) is 14.0. The van der Waals surface area contributed by atoms with Crippen LogP contribution < -0.4 is 10.4 Å². The van der Waals surface area contributed by atoms with Crippen molar-refractivity contribution in [1.82, 2.24) is 4.98 Å². The molecule has 0 radical (unpaired) electrons. The first-order chi connectivity index (χ1) is 15.8. The molecule has 0 saturated heterocycles. The number of aryl methyl sites for hydroxylation is 4. The molecule has 0 N–H and O–H groups in total. The largest absolute Gasteiger partial charge is 0.401 e. The van der Waals surface area contributed by atoms with E-state index in [2.05, 4.69) is 118 Å². The van der Waals surface area contributed by atoms with E-state index in [1.807, 2.05) is 12.3 Å². The quantitative estimate of drug-likeness (QED) is 0.321. The average molecular weight is 452 g/mol. The molecule has 0 unspecified atom stereocenters. The van der Waals surface area contributed by atoms with Gasteiger partial charge in [-0.2, -0.15) is 0 Å². The molecule has 4 rings (SSSR count). The summed E-state index contributed by atoms with van der Waals surface area (Å²) in [7, 11) is -2.55. The zero-order valence-corrected chi connectivity index (χ0v) is 21.3. The molecule has 2 nitrogen and oxygen atoms in total. The average Bonchev–Trinajstić information content (AvgIpc) is 2.78. The highest BCUT2D eigenvalue weighted by Gasteiger charge is 2.38. The van der Waals surface area contributed by atoms with E-state index in [0.717, 1.165) is 12.1 Å². The molecule has 1 heterocycles. The van der Waals surface area contributed by atoms with Gasteiger partial charge in [0.05, 0.1) is 6.10 Å². The van der Waals surface area contributed by atoms with Gasteiger partial charge in [0.2, 0.25) is 0 Å². The predicted molar refractivity (Wildman–Crippen MR) is 141 cm³/mol. The van der Waals surface area contributed by atoms with Crippen LogP contribution in [0.3, 0.4) is 0 Å². The van der Waals surface area contributed by atoms with Crippen LogP contribution in [-0.2, 0) is 10.8 Å². The van der Waals surface area contributed by atoms with Crippen molar-refractivity contribution in [2.75, 3.05) is 0 Å². The van der Waals surface area contributed by atoms with Crippen LogP contribution in [0, 0.1) is 27.7 Å². The third-order valence-electron chi connectivity index (χ3n) is 6.22. The topological polar surface area (TPSA) is 22.1 Å². The lowest BCUT2D eigenvalue weighted by atomic mass is 10.0. The third-order valence-corrected chi connectivity index (χ3v) is 9.75. The van der Waals surface area contributed by atoms with Gasteiger partial charge < -0.3 is 4.43 Å². The van der Waals surface area contributed by atoms with Crippen LogP contribution in [0.25, 0.3) is 0 Å². The first kappa shape index (κ1) is 23.2. The summed E-state index contributed by atoms with van der Waals surface area (Å²) in [5.41, 5.74) is 7.34. The van der Waals surface area contributed by atoms with Crippen molar-refractivity contribution in [1.29, 1.82) is 0 Å². The Bertz CT molecular complexity index is 1130. The standard InChI is InChI=1S/C30H33NOSi/c1-22-15-23(2)18-28(17-22)33(5,29-19-24(3)16-25(4)20-29)32-30(26-11-7-6-8-12-26)21-27-13-9-10-14-31-27/h6-20,30H,21H2,1-5H3/t30-/m0/s1. The fourth-order valence-corrected chi connectivity index (χ4v) is 8.10. The molecule has 0 fully saturated rings. The number of benzene rings is 3. The van der Waals surface area contributed by atoms with Crippen molar-refractivity contribution in [2.24, 2.45) is 0 Å². The van der Waals surface area contributed by atoms with Crippen LogP contribution in [0.4, 0.5) is 0 Å². The van der Waals surface area contributed by atoms with E-state index in [4.69, 9.17) is 4.43 Å². The second-order valence-electron chi connectivity index (χ2n) is 9.33. The van der Waals surface area contributed by atoms with Gasteiger partial charge in [-0.3, -0.25) is 4.98 Å². The molecule has 3 aromatic carbocycles. The summed E-state index contributed by atoms with van der Waals surface area (Å²) in [5.74, 6) is 0. The van der Waals surface area contributed by atoms with E-state index >= 15 is 0 Å². The third kappa shape index (κ3) is 5.49. The smallest absolute Gasteiger partial charge is 0.253 e. The maximum atomic E-state index is 7.32. The molecular weight excluding hydrogens is 418 g/mol. The van der Waals surface area contributed by atoms with Gasteiger partial charge in [-0.05, 0) is 62.3 Å². The van der Waals surface area contributed by atoms with Crippen LogP contribution in [0.2, 0.25) is 6.55 Å². The SMILES string of the molecule is Cc1cc(C)cc([Si](C)(O[C@@H](Cc2ccccn2)c2ccccc2)c2cc(C)cc(C)c2)c1. The minimum absolute atomic E-state index is 0.0839. The lowest BCUT2D eigenvalue weighted by molar-refractivity contribution is 0.203. The van der Waals surface area contributed by atoms with Gasteiger partial charge in [-0.25, -0.2) is 0 Å². The zero-order valence-electron chi connectivity index (χ0n) is 20.3. The van der Waals surface area contributed by atoms with Gasteiger partial charge in [0.1, 0.15) is 0 Å². The van der Waals surface area contributed by atoms with Gasteiger partial charge in [0.15, 0.2) is 0 Å². The monoisotopic (exact) mass is 451 g/mol. The number of hydrogen-bond acceptors (Lipinski definition) is 2. The second kappa shape index (κ2) is 9.86. The molecule has 168 valence electrons. The van der Waals surface area contributed by atoms with E-state index in [1.54, 1.807) is 0 Å². The minimum Gasteiger partial charge on any atom is -0.401 e. The van der Waals surface area contributed by atoms with Crippen molar-refractivity contribution in [3.05, 3.63) is 125 Å². The highest BCUT2D eigenvalue weighted by Crippen LogP contribution is 2.27. The highest BCUT2D eigenvalue weighted by molar-refractivity contribution is 6.96. The maximum Gasteiger partial charge on any atom is 0.253 e. The molecule has 0 aliphatic carbocycles. The molecule has 0 aliphatic heterocycles. The summed E-state index contributed by atoms with van der Waals surface area (Å²) in [6.07, 6.45) is 2.52. The minimum atomic E-state index is -2.55. The van der Waals surface area contributed by atoms with Crippen LogP contribution in [0.15, 0.2) is 91.1 Å². The van der Waals surface area contributed by atoms with Gasteiger partial charge in [0, 0.05) is 18.3 Å². The Morgan fingerprint density at radius 1 is 0.697 bits per heavy atom. The number of hydrogen-bond donors (Lipinski definition) is 0. The summed E-state index contributed by atoms with van der Waals surface area (Å²) in [6.45, 7) is 11.1. The van der Waals surface area contributed by atoms with Gasteiger partial charge in [-0.1, -0.05) is 95.1 Å². The summed E-state index contributed by atoms with van der Waals surface area (Å²) < 4.78 is 7.32. The molecule has 1 aromatic heterocycles. The van der Waals surface area contributed by atoms with E-state index < -0.39 is 8.32 Å². The van der Waals surface area contributed by atoms with E-state index in [0.29, 0.717) is 0 Å². The molecule has 0 saturated carbocycles. The molecule has 3 heteroatoms. The van der Waals surface area contributed by atoms with Gasteiger partial charge in [-0.15, -0.1) is 0 Å². The van der Waals surface area contributed by atoms with E-state index in [9.17, 15) is 0 Å². The summed E-state index contributed by atoms with van der Waals surface area (Å²) in [5, 5.41) is 2.62. The molecule has 0 amide bonds. The Labute approximate surface area is 199 Å². The number of pyridine rings is 1. The van der Waals surface area contributed by atoms with Crippen LogP contribution in [0.1, 0.15) is 39.6 Å². The Morgan fingerprint density at radius 3 is 1.70 bits per heavy atom. The summed E-state index contributed by atoms with van der Waals surface area (Å²) >= 11 is 0. The lowest BCUT2D eigenvalue weighted by Crippen LogP contribution is -2.59. The van der Waals surface area contributed by atoms with Gasteiger partial charge >= 0.3 is 0 Å². The Hall–Kier alpha value is -3.01. The highest BCUT2D eigenvalue weighted by atomic mass is 28.4. The molecule has 0 bridgehead atoms. The molecule has 4 aromatic rings. The Kier molecular flexibility index (Phi) is 6.92. The fraction of sp³-hybridized carbons (Fsp3) is 0.233. The summed E-state index contributed by atoms with van der Waals surface area (Å²) in [4.78, 5) is 4.61. The molecule has 0 spiro atoms. The fourth-order valence-electron chi connectivity index (χ4n) is 4.69. The Morgan fingerprint density at radius 2 is 1.21 bits per heavy atom. The maximum absolute atomic E-state index is 7.32. The number of rotatable bonds is 7. The molecular formula is C30H33NOSi. The molecule has 0 aliphatic rings. The van der Waals surface area contributed by atoms with Crippen LogP contribution >= 0.6 is 0 Å². The van der Waals surface area contributed by atoms with Gasteiger partial charge in [0.25, 0.3) is 8.32 Å². The van der Waals surface area contributed by atoms with Crippen molar-refractivity contribution in [3.63, 3.8) is 0 Å².